The van der Waals surface area contributed by atoms with Crippen LogP contribution in [0.15, 0.2) is 18.2 Å². The second-order valence-corrected chi connectivity index (χ2v) is 4.18. The van der Waals surface area contributed by atoms with Gasteiger partial charge in [0, 0.05) is 12.0 Å². The Hall–Kier alpha value is -2.28. The molecule has 0 fully saturated rings. The van der Waals surface area contributed by atoms with Gasteiger partial charge in [-0.1, -0.05) is 13.0 Å². The SMILES string of the molecule is CCc1nc(NN)c(C)c(Nc2c(F)cccc2F)n1. The Labute approximate surface area is 115 Å². The summed E-state index contributed by atoms with van der Waals surface area (Å²) in [4.78, 5) is 8.41. The van der Waals surface area contributed by atoms with Crippen LogP contribution >= 0.6 is 0 Å². The van der Waals surface area contributed by atoms with E-state index >= 15 is 0 Å². The highest BCUT2D eigenvalue weighted by atomic mass is 19.1. The van der Waals surface area contributed by atoms with Gasteiger partial charge in [-0.05, 0) is 19.1 Å². The van der Waals surface area contributed by atoms with Crippen molar-refractivity contribution in [2.45, 2.75) is 20.3 Å². The van der Waals surface area contributed by atoms with Crippen LogP contribution in [-0.4, -0.2) is 9.97 Å². The van der Waals surface area contributed by atoms with E-state index in [1.165, 1.54) is 18.2 Å². The number of halogens is 2. The van der Waals surface area contributed by atoms with E-state index in [-0.39, 0.29) is 5.69 Å². The van der Waals surface area contributed by atoms with Crippen LogP contribution in [0.2, 0.25) is 0 Å². The average molecular weight is 279 g/mol. The minimum atomic E-state index is -0.691. The van der Waals surface area contributed by atoms with Crippen LogP contribution in [0, 0.1) is 18.6 Å². The first-order chi connectivity index (χ1) is 9.56. The van der Waals surface area contributed by atoms with E-state index in [4.69, 9.17) is 5.84 Å². The van der Waals surface area contributed by atoms with Crippen LogP contribution in [0.4, 0.5) is 26.1 Å². The molecule has 5 nitrogen and oxygen atoms in total. The number of nitrogen functional groups attached to an aromatic ring is 1. The van der Waals surface area contributed by atoms with Gasteiger partial charge in [-0.3, -0.25) is 0 Å². The van der Waals surface area contributed by atoms with Crippen LogP contribution in [-0.2, 0) is 6.42 Å². The van der Waals surface area contributed by atoms with Crippen LogP contribution < -0.4 is 16.6 Å². The Morgan fingerprint density at radius 3 is 2.30 bits per heavy atom. The zero-order chi connectivity index (χ0) is 14.7. The van der Waals surface area contributed by atoms with Crippen molar-refractivity contribution in [2.75, 3.05) is 10.7 Å². The number of hydrazine groups is 1. The maximum Gasteiger partial charge on any atom is 0.149 e. The zero-order valence-corrected chi connectivity index (χ0v) is 11.2. The molecule has 0 radical (unpaired) electrons. The third kappa shape index (κ3) is 2.67. The number of aromatic nitrogens is 2. The first-order valence-electron chi connectivity index (χ1n) is 6.12. The molecule has 0 saturated carbocycles. The van der Waals surface area contributed by atoms with Crippen molar-refractivity contribution in [3.05, 3.63) is 41.2 Å². The zero-order valence-electron chi connectivity index (χ0n) is 11.2. The average Bonchev–Trinajstić information content (AvgIpc) is 2.44. The molecular formula is C13H15F2N5. The predicted octanol–water partition coefficient (Wildman–Crippen LogP) is 2.65. The van der Waals surface area contributed by atoms with Gasteiger partial charge in [0.2, 0.25) is 0 Å². The normalized spacial score (nSPS) is 10.4. The third-order valence-corrected chi connectivity index (χ3v) is 2.85. The van der Waals surface area contributed by atoms with Crippen molar-refractivity contribution in [3.63, 3.8) is 0 Å². The molecule has 0 aliphatic rings. The van der Waals surface area contributed by atoms with Crippen molar-refractivity contribution < 1.29 is 8.78 Å². The standard InChI is InChI=1S/C13H15F2N5/c1-3-10-17-12(7(2)13(18-10)20-16)19-11-8(14)5-4-6-9(11)15/h4-6H,3,16H2,1-2H3,(H2,17,18,19,20). The molecular weight excluding hydrogens is 264 g/mol. The molecule has 1 heterocycles. The monoisotopic (exact) mass is 279 g/mol. The van der Waals surface area contributed by atoms with E-state index in [1.54, 1.807) is 6.92 Å². The van der Waals surface area contributed by atoms with Gasteiger partial charge in [-0.15, -0.1) is 0 Å². The summed E-state index contributed by atoms with van der Waals surface area (Å²) in [5.41, 5.74) is 2.77. The number of aryl methyl sites for hydroxylation is 1. The second-order valence-electron chi connectivity index (χ2n) is 4.18. The first kappa shape index (κ1) is 14.1. The number of nitrogens with zero attached hydrogens (tertiary/aromatic N) is 2. The number of anilines is 3. The molecule has 7 heteroatoms. The lowest BCUT2D eigenvalue weighted by atomic mass is 10.2. The highest BCUT2D eigenvalue weighted by Crippen LogP contribution is 2.26. The van der Waals surface area contributed by atoms with E-state index in [0.717, 1.165) is 0 Å². The van der Waals surface area contributed by atoms with Crippen molar-refractivity contribution in [1.82, 2.24) is 9.97 Å². The fourth-order valence-corrected chi connectivity index (χ4v) is 1.72. The Morgan fingerprint density at radius 1 is 1.15 bits per heavy atom. The molecule has 0 spiro atoms. The Kier molecular flexibility index (Phi) is 4.09. The Morgan fingerprint density at radius 2 is 1.75 bits per heavy atom. The molecule has 2 aromatic rings. The first-order valence-corrected chi connectivity index (χ1v) is 6.12. The molecule has 1 aromatic heterocycles. The van der Waals surface area contributed by atoms with E-state index < -0.39 is 11.6 Å². The smallest absolute Gasteiger partial charge is 0.149 e. The molecule has 0 aliphatic carbocycles. The highest BCUT2D eigenvalue weighted by Gasteiger charge is 2.14. The quantitative estimate of drug-likeness (QED) is 0.592. The van der Waals surface area contributed by atoms with Crippen molar-refractivity contribution in [1.29, 1.82) is 0 Å². The number of nitrogens with two attached hydrogens (primary N) is 1. The lowest BCUT2D eigenvalue weighted by molar-refractivity contribution is 0.590. The topological polar surface area (TPSA) is 75.9 Å². The summed E-state index contributed by atoms with van der Waals surface area (Å²) in [6.07, 6.45) is 0.573. The van der Waals surface area contributed by atoms with Gasteiger partial charge in [-0.25, -0.2) is 24.6 Å². The number of hydrogen-bond acceptors (Lipinski definition) is 5. The summed E-state index contributed by atoms with van der Waals surface area (Å²) < 4.78 is 27.3. The minimum absolute atomic E-state index is 0.251. The van der Waals surface area contributed by atoms with Crippen molar-refractivity contribution in [2.24, 2.45) is 5.84 Å². The summed E-state index contributed by atoms with van der Waals surface area (Å²) in [7, 11) is 0. The number of nitrogens with one attached hydrogen (secondary N) is 2. The van der Waals surface area contributed by atoms with Gasteiger partial charge in [0.25, 0.3) is 0 Å². The van der Waals surface area contributed by atoms with Gasteiger partial charge in [0.1, 0.15) is 34.8 Å². The summed E-state index contributed by atoms with van der Waals surface area (Å²) >= 11 is 0. The van der Waals surface area contributed by atoms with Gasteiger partial charge in [0.05, 0.1) is 0 Å². The van der Waals surface area contributed by atoms with E-state index in [9.17, 15) is 8.78 Å². The fourth-order valence-electron chi connectivity index (χ4n) is 1.72. The summed E-state index contributed by atoms with van der Waals surface area (Å²) in [6.45, 7) is 3.58. The van der Waals surface area contributed by atoms with Crippen LogP contribution in [0.3, 0.4) is 0 Å². The van der Waals surface area contributed by atoms with Crippen LogP contribution in [0.25, 0.3) is 0 Å². The molecule has 1 aromatic carbocycles. The minimum Gasteiger partial charge on any atom is -0.335 e. The molecule has 0 aliphatic heterocycles. The maximum absolute atomic E-state index is 13.6. The molecule has 0 amide bonds. The molecule has 2 rings (SSSR count). The number of benzene rings is 1. The van der Waals surface area contributed by atoms with E-state index in [2.05, 4.69) is 20.7 Å². The second kappa shape index (κ2) is 5.79. The molecule has 4 N–H and O–H groups in total. The summed E-state index contributed by atoms with van der Waals surface area (Å²) in [5.74, 6) is 5.24. The van der Waals surface area contributed by atoms with E-state index in [1.807, 2.05) is 6.92 Å². The molecule has 0 unspecified atom stereocenters. The highest BCUT2D eigenvalue weighted by molar-refractivity contribution is 5.65. The summed E-state index contributed by atoms with van der Waals surface area (Å²) in [6, 6.07) is 3.64. The van der Waals surface area contributed by atoms with Gasteiger partial charge >= 0.3 is 0 Å². The fraction of sp³-hybridized carbons (Fsp3) is 0.231. The molecule has 106 valence electrons. The van der Waals surface area contributed by atoms with Crippen molar-refractivity contribution in [3.8, 4) is 0 Å². The Bertz CT molecular complexity index is 610. The lowest BCUT2D eigenvalue weighted by Gasteiger charge is -2.14. The largest absolute Gasteiger partial charge is 0.335 e. The van der Waals surface area contributed by atoms with Crippen molar-refractivity contribution >= 4 is 17.3 Å². The maximum atomic E-state index is 13.6. The number of para-hydroxylation sites is 1. The predicted molar refractivity (Wildman–Crippen MR) is 73.6 cm³/mol. The number of hydrogen-bond donors (Lipinski definition) is 3. The van der Waals surface area contributed by atoms with Crippen LogP contribution in [0.1, 0.15) is 18.3 Å². The molecule has 0 atom stereocenters. The van der Waals surface area contributed by atoms with Gasteiger partial charge in [0.15, 0.2) is 0 Å². The van der Waals surface area contributed by atoms with Crippen LogP contribution in [0.5, 0.6) is 0 Å². The summed E-state index contributed by atoms with van der Waals surface area (Å²) in [5, 5.41) is 2.66. The number of rotatable bonds is 4. The molecule has 0 saturated heterocycles. The Balaban J connectivity index is 2.48. The molecule has 0 bridgehead atoms. The third-order valence-electron chi connectivity index (χ3n) is 2.85. The van der Waals surface area contributed by atoms with E-state index in [0.29, 0.717) is 29.4 Å². The van der Waals surface area contributed by atoms with Gasteiger partial charge < -0.3 is 10.7 Å². The molecule has 20 heavy (non-hydrogen) atoms. The lowest BCUT2D eigenvalue weighted by Crippen LogP contribution is -2.14. The van der Waals surface area contributed by atoms with Gasteiger partial charge in [-0.2, -0.15) is 0 Å².